The number of carbonyl (C=O) groups excluding carboxylic acids is 2. The molecule has 0 aliphatic rings. The Hall–Kier alpha value is -1.58. The first-order valence-electron chi connectivity index (χ1n) is 5.14. The fourth-order valence-electron chi connectivity index (χ4n) is 1.25. The molecule has 4 nitrogen and oxygen atoms in total. The van der Waals surface area contributed by atoms with Crippen molar-refractivity contribution in [3.05, 3.63) is 24.0 Å². The van der Waals surface area contributed by atoms with E-state index in [0.29, 0.717) is 5.56 Å². The zero-order valence-corrected chi connectivity index (χ0v) is 8.90. The number of hydrogen-bond acceptors (Lipinski definition) is 2. The summed E-state index contributed by atoms with van der Waals surface area (Å²) >= 11 is 0. The Kier molecular flexibility index (Phi) is 4.60. The molecule has 0 saturated carbocycles. The molecule has 0 saturated heterocycles. The third-order valence-electron chi connectivity index (χ3n) is 2.09. The van der Waals surface area contributed by atoms with Gasteiger partial charge in [-0.05, 0) is 12.5 Å². The SMILES string of the molecule is CCCCNC(=O)Cn1ccc(C=O)c1. The summed E-state index contributed by atoms with van der Waals surface area (Å²) in [4.78, 5) is 21.8. The monoisotopic (exact) mass is 208 g/mol. The Morgan fingerprint density at radius 2 is 2.40 bits per heavy atom. The number of rotatable bonds is 6. The molecule has 1 N–H and O–H groups in total. The Labute approximate surface area is 89.3 Å². The molecule has 0 fully saturated rings. The van der Waals surface area contributed by atoms with Crippen LogP contribution in [0.3, 0.4) is 0 Å². The van der Waals surface area contributed by atoms with Crippen molar-refractivity contribution >= 4 is 12.2 Å². The van der Waals surface area contributed by atoms with Crippen LogP contribution < -0.4 is 5.32 Å². The van der Waals surface area contributed by atoms with Gasteiger partial charge >= 0.3 is 0 Å². The number of nitrogens with one attached hydrogen (secondary N) is 1. The number of hydrogen-bond donors (Lipinski definition) is 1. The summed E-state index contributed by atoms with van der Waals surface area (Å²) in [6, 6.07) is 1.69. The third kappa shape index (κ3) is 3.97. The summed E-state index contributed by atoms with van der Waals surface area (Å²) < 4.78 is 1.70. The maximum atomic E-state index is 11.4. The first-order chi connectivity index (χ1) is 7.26. The van der Waals surface area contributed by atoms with Crippen molar-refractivity contribution in [1.29, 1.82) is 0 Å². The second kappa shape index (κ2) is 6.01. The molecule has 15 heavy (non-hydrogen) atoms. The highest BCUT2D eigenvalue weighted by Gasteiger charge is 2.01. The molecule has 1 aromatic rings. The van der Waals surface area contributed by atoms with Gasteiger partial charge < -0.3 is 9.88 Å². The number of unbranched alkanes of at least 4 members (excludes halogenated alkanes) is 1. The van der Waals surface area contributed by atoms with E-state index in [-0.39, 0.29) is 12.5 Å². The molecule has 1 aromatic heterocycles. The number of amides is 1. The minimum absolute atomic E-state index is 0.0171. The van der Waals surface area contributed by atoms with Crippen molar-refractivity contribution in [2.75, 3.05) is 6.54 Å². The van der Waals surface area contributed by atoms with E-state index < -0.39 is 0 Å². The lowest BCUT2D eigenvalue weighted by atomic mass is 10.3. The van der Waals surface area contributed by atoms with Crippen molar-refractivity contribution in [2.45, 2.75) is 26.3 Å². The van der Waals surface area contributed by atoms with Crippen molar-refractivity contribution in [3.63, 3.8) is 0 Å². The number of aromatic nitrogens is 1. The zero-order chi connectivity index (χ0) is 11.1. The first-order valence-corrected chi connectivity index (χ1v) is 5.14. The molecule has 1 heterocycles. The zero-order valence-electron chi connectivity index (χ0n) is 8.90. The maximum Gasteiger partial charge on any atom is 0.239 e. The van der Waals surface area contributed by atoms with Crippen LogP contribution in [0.25, 0.3) is 0 Å². The molecule has 1 amide bonds. The number of aldehydes is 1. The summed E-state index contributed by atoms with van der Waals surface area (Å²) in [5, 5.41) is 2.81. The average molecular weight is 208 g/mol. The normalized spacial score (nSPS) is 9.93. The summed E-state index contributed by atoms with van der Waals surface area (Å²) in [5.74, 6) is -0.0171. The molecule has 4 heteroatoms. The summed E-state index contributed by atoms with van der Waals surface area (Å²) in [6.45, 7) is 3.07. The lowest BCUT2D eigenvalue weighted by molar-refractivity contribution is -0.121. The number of carbonyl (C=O) groups is 2. The highest BCUT2D eigenvalue weighted by Crippen LogP contribution is 1.97. The van der Waals surface area contributed by atoms with E-state index in [1.54, 1.807) is 23.0 Å². The quantitative estimate of drug-likeness (QED) is 0.564. The lowest BCUT2D eigenvalue weighted by Gasteiger charge is -2.04. The topological polar surface area (TPSA) is 51.1 Å². The van der Waals surface area contributed by atoms with Crippen LogP contribution in [-0.2, 0) is 11.3 Å². The Balaban J connectivity index is 2.34. The van der Waals surface area contributed by atoms with E-state index in [1.165, 1.54) is 0 Å². The van der Waals surface area contributed by atoms with Crippen LogP contribution in [-0.4, -0.2) is 23.3 Å². The van der Waals surface area contributed by atoms with Gasteiger partial charge in [0.05, 0.1) is 0 Å². The van der Waals surface area contributed by atoms with Crippen LogP contribution in [0.4, 0.5) is 0 Å². The molecule has 82 valence electrons. The van der Waals surface area contributed by atoms with Gasteiger partial charge in [-0.2, -0.15) is 0 Å². The van der Waals surface area contributed by atoms with Gasteiger partial charge in [0, 0.05) is 24.5 Å². The van der Waals surface area contributed by atoms with Crippen LogP contribution in [0.15, 0.2) is 18.5 Å². The fraction of sp³-hybridized carbons (Fsp3) is 0.455. The maximum absolute atomic E-state index is 11.4. The minimum Gasteiger partial charge on any atom is -0.355 e. The highest BCUT2D eigenvalue weighted by molar-refractivity contribution is 5.77. The molecule has 0 aromatic carbocycles. The van der Waals surface area contributed by atoms with Gasteiger partial charge in [-0.1, -0.05) is 13.3 Å². The molecule has 1 rings (SSSR count). The van der Waals surface area contributed by atoms with Gasteiger partial charge in [-0.25, -0.2) is 0 Å². The Bertz CT molecular complexity index is 331. The van der Waals surface area contributed by atoms with Crippen molar-refractivity contribution in [1.82, 2.24) is 9.88 Å². The summed E-state index contributed by atoms with van der Waals surface area (Å²) in [5.41, 5.74) is 0.594. The fourth-order valence-corrected chi connectivity index (χ4v) is 1.25. The van der Waals surface area contributed by atoms with E-state index >= 15 is 0 Å². The standard InChI is InChI=1S/C11H16N2O2/c1-2-3-5-12-11(15)8-13-6-4-10(7-13)9-14/h4,6-7,9H,2-3,5,8H2,1H3,(H,12,15). The molecule has 0 bridgehead atoms. The third-order valence-corrected chi connectivity index (χ3v) is 2.09. The molecule has 0 unspecified atom stereocenters. The van der Waals surface area contributed by atoms with E-state index in [2.05, 4.69) is 12.2 Å². The summed E-state index contributed by atoms with van der Waals surface area (Å²) in [7, 11) is 0. The summed E-state index contributed by atoms with van der Waals surface area (Å²) in [6.07, 6.45) is 6.22. The van der Waals surface area contributed by atoms with Crippen molar-refractivity contribution in [2.24, 2.45) is 0 Å². The predicted octanol–water partition coefficient (Wildman–Crippen LogP) is 1.22. The smallest absolute Gasteiger partial charge is 0.239 e. The second-order valence-electron chi connectivity index (χ2n) is 3.44. The first kappa shape index (κ1) is 11.5. The van der Waals surface area contributed by atoms with Crippen molar-refractivity contribution in [3.8, 4) is 0 Å². The Morgan fingerprint density at radius 3 is 3.00 bits per heavy atom. The molecule has 0 atom stereocenters. The molecule has 0 aliphatic heterocycles. The van der Waals surface area contributed by atoms with E-state index in [4.69, 9.17) is 0 Å². The minimum atomic E-state index is -0.0171. The average Bonchev–Trinajstić information content (AvgIpc) is 2.66. The molecule has 0 aliphatic carbocycles. The van der Waals surface area contributed by atoms with Gasteiger partial charge in [-0.3, -0.25) is 9.59 Å². The van der Waals surface area contributed by atoms with Crippen LogP contribution in [0.2, 0.25) is 0 Å². The Morgan fingerprint density at radius 1 is 1.60 bits per heavy atom. The van der Waals surface area contributed by atoms with Gasteiger partial charge in [0.2, 0.25) is 5.91 Å². The van der Waals surface area contributed by atoms with Crippen molar-refractivity contribution < 1.29 is 9.59 Å². The van der Waals surface area contributed by atoms with Crippen LogP contribution in [0, 0.1) is 0 Å². The van der Waals surface area contributed by atoms with Gasteiger partial charge in [0.25, 0.3) is 0 Å². The van der Waals surface area contributed by atoms with Crippen LogP contribution in [0.5, 0.6) is 0 Å². The van der Waals surface area contributed by atoms with Crippen LogP contribution >= 0.6 is 0 Å². The predicted molar refractivity (Wildman–Crippen MR) is 57.7 cm³/mol. The molecular formula is C11H16N2O2. The van der Waals surface area contributed by atoms with Gasteiger partial charge in [0.15, 0.2) is 6.29 Å². The van der Waals surface area contributed by atoms with E-state index in [0.717, 1.165) is 25.7 Å². The molecule has 0 radical (unpaired) electrons. The number of nitrogens with zero attached hydrogens (tertiary/aromatic N) is 1. The largest absolute Gasteiger partial charge is 0.355 e. The van der Waals surface area contributed by atoms with Gasteiger partial charge in [-0.15, -0.1) is 0 Å². The molecular weight excluding hydrogens is 192 g/mol. The van der Waals surface area contributed by atoms with Crippen LogP contribution in [0.1, 0.15) is 30.1 Å². The molecule has 0 spiro atoms. The lowest BCUT2D eigenvalue weighted by Crippen LogP contribution is -2.27. The van der Waals surface area contributed by atoms with E-state index in [9.17, 15) is 9.59 Å². The second-order valence-corrected chi connectivity index (χ2v) is 3.44. The highest BCUT2D eigenvalue weighted by atomic mass is 16.1. The van der Waals surface area contributed by atoms with Gasteiger partial charge in [0.1, 0.15) is 6.54 Å². The van der Waals surface area contributed by atoms with E-state index in [1.807, 2.05) is 0 Å².